The summed E-state index contributed by atoms with van der Waals surface area (Å²) in [5, 5.41) is 21.0. The number of hydrogen-bond donors (Lipinski definition) is 3. The monoisotopic (exact) mass is 280 g/mol. The van der Waals surface area contributed by atoms with Crippen molar-refractivity contribution in [2.45, 2.75) is 0 Å². The molecular weight excluding hydrogens is 268 g/mol. The molecule has 21 heavy (non-hydrogen) atoms. The minimum Gasteiger partial charge on any atom is -0.505 e. The summed E-state index contributed by atoms with van der Waals surface area (Å²) in [4.78, 5) is 12.2. The summed E-state index contributed by atoms with van der Waals surface area (Å²) in [6.07, 6.45) is 0. The molecule has 0 bridgehead atoms. The fraction of sp³-hybridized carbons (Fsp3) is 0. The Morgan fingerprint density at radius 1 is 1.10 bits per heavy atom. The first-order chi connectivity index (χ1) is 10.1. The lowest BCUT2D eigenvalue weighted by Gasteiger charge is -2.07. The number of fused-ring (bicyclic) bond motifs is 1. The van der Waals surface area contributed by atoms with Crippen molar-refractivity contribution in [2.75, 3.05) is 11.1 Å². The Balaban J connectivity index is 1.96. The van der Waals surface area contributed by atoms with Crippen molar-refractivity contribution >= 4 is 28.2 Å². The summed E-state index contributed by atoms with van der Waals surface area (Å²) in [7, 11) is 0. The van der Waals surface area contributed by atoms with Gasteiger partial charge in [-0.1, -0.05) is 18.2 Å². The number of aromatic nitrogens is 2. The van der Waals surface area contributed by atoms with E-state index in [-0.39, 0.29) is 11.4 Å². The third kappa shape index (κ3) is 2.46. The summed E-state index contributed by atoms with van der Waals surface area (Å²) < 4.78 is 0. The lowest BCUT2D eigenvalue weighted by Crippen LogP contribution is -2.15. The predicted molar refractivity (Wildman–Crippen MR) is 80.0 cm³/mol. The highest BCUT2D eigenvalue weighted by atomic mass is 16.3. The maximum atomic E-state index is 12.2. The van der Waals surface area contributed by atoms with Crippen LogP contribution in [0.4, 0.5) is 11.4 Å². The molecule has 3 rings (SSSR count). The number of carbonyl (C=O) groups is 1. The largest absolute Gasteiger partial charge is 0.505 e. The molecule has 4 N–H and O–H groups in total. The molecule has 0 unspecified atom stereocenters. The zero-order valence-corrected chi connectivity index (χ0v) is 10.9. The van der Waals surface area contributed by atoms with E-state index in [1.807, 2.05) is 0 Å². The number of nitrogens with zero attached hydrogens (tertiary/aromatic N) is 2. The number of nitrogens with one attached hydrogen (secondary N) is 1. The van der Waals surface area contributed by atoms with Crippen molar-refractivity contribution in [1.29, 1.82) is 0 Å². The average Bonchev–Trinajstić information content (AvgIpc) is 2.48. The van der Waals surface area contributed by atoms with Crippen LogP contribution in [0.3, 0.4) is 0 Å². The van der Waals surface area contributed by atoms with Crippen LogP contribution in [-0.4, -0.2) is 21.2 Å². The van der Waals surface area contributed by atoms with Gasteiger partial charge in [0.05, 0.1) is 5.52 Å². The summed E-state index contributed by atoms with van der Waals surface area (Å²) >= 11 is 0. The SMILES string of the molecule is Nc1cccc(NC(=O)c2nnc3ccccc3c2O)c1. The molecule has 0 atom stereocenters. The molecule has 1 amide bonds. The molecule has 0 saturated carbocycles. The lowest BCUT2D eigenvalue weighted by molar-refractivity contribution is 0.101. The van der Waals surface area contributed by atoms with Crippen LogP contribution in [0.1, 0.15) is 10.5 Å². The van der Waals surface area contributed by atoms with E-state index in [2.05, 4.69) is 15.5 Å². The van der Waals surface area contributed by atoms with Gasteiger partial charge >= 0.3 is 0 Å². The van der Waals surface area contributed by atoms with E-state index in [0.29, 0.717) is 22.3 Å². The molecule has 1 aromatic heterocycles. The van der Waals surface area contributed by atoms with E-state index in [1.165, 1.54) is 0 Å². The molecule has 0 fully saturated rings. The number of rotatable bonds is 2. The highest BCUT2D eigenvalue weighted by Crippen LogP contribution is 2.25. The Hall–Kier alpha value is -3.15. The second-order valence-electron chi connectivity index (χ2n) is 4.49. The highest BCUT2D eigenvalue weighted by Gasteiger charge is 2.17. The highest BCUT2D eigenvalue weighted by molar-refractivity contribution is 6.07. The Labute approximate surface area is 120 Å². The van der Waals surface area contributed by atoms with Crippen molar-refractivity contribution in [3.8, 4) is 5.75 Å². The van der Waals surface area contributed by atoms with Gasteiger partial charge in [0.25, 0.3) is 5.91 Å². The molecule has 3 aromatic rings. The molecule has 0 aliphatic rings. The summed E-state index contributed by atoms with van der Waals surface area (Å²) in [6, 6.07) is 13.7. The van der Waals surface area contributed by atoms with Gasteiger partial charge in [-0.05, 0) is 30.3 Å². The lowest BCUT2D eigenvalue weighted by atomic mass is 10.2. The molecule has 2 aromatic carbocycles. The van der Waals surface area contributed by atoms with Crippen molar-refractivity contribution in [2.24, 2.45) is 0 Å². The van der Waals surface area contributed by atoms with Gasteiger partial charge in [0, 0.05) is 16.8 Å². The Kier molecular flexibility index (Phi) is 3.12. The normalized spacial score (nSPS) is 10.5. The summed E-state index contributed by atoms with van der Waals surface area (Å²) in [5.41, 5.74) is 7.10. The topological polar surface area (TPSA) is 101 Å². The van der Waals surface area contributed by atoms with E-state index < -0.39 is 5.91 Å². The number of nitrogen functional groups attached to an aromatic ring is 1. The van der Waals surface area contributed by atoms with Crippen LogP contribution in [0.5, 0.6) is 5.75 Å². The van der Waals surface area contributed by atoms with Gasteiger partial charge in [-0.15, -0.1) is 10.2 Å². The smallest absolute Gasteiger partial charge is 0.280 e. The van der Waals surface area contributed by atoms with Crippen molar-refractivity contribution in [3.05, 3.63) is 54.2 Å². The van der Waals surface area contributed by atoms with Crippen molar-refractivity contribution < 1.29 is 9.90 Å². The molecular formula is C15H12N4O2. The first-order valence-corrected chi connectivity index (χ1v) is 6.26. The van der Waals surface area contributed by atoms with E-state index >= 15 is 0 Å². The Morgan fingerprint density at radius 3 is 2.71 bits per heavy atom. The van der Waals surface area contributed by atoms with Gasteiger partial charge in [0.1, 0.15) is 0 Å². The van der Waals surface area contributed by atoms with Gasteiger partial charge < -0.3 is 16.2 Å². The second-order valence-corrected chi connectivity index (χ2v) is 4.49. The van der Waals surface area contributed by atoms with Gasteiger partial charge in [-0.25, -0.2) is 0 Å². The Morgan fingerprint density at radius 2 is 1.90 bits per heavy atom. The van der Waals surface area contributed by atoms with Gasteiger partial charge in [-0.2, -0.15) is 0 Å². The van der Waals surface area contributed by atoms with Crippen molar-refractivity contribution in [1.82, 2.24) is 10.2 Å². The molecule has 6 nitrogen and oxygen atoms in total. The summed E-state index contributed by atoms with van der Waals surface area (Å²) in [6.45, 7) is 0. The second kappa shape index (κ2) is 5.09. The molecule has 1 heterocycles. The average molecular weight is 280 g/mol. The molecule has 0 aliphatic carbocycles. The fourth-order valence-electron chi connectivity index (χ4n) is 2.00. The number of benzene rings is 2. The van der Waals surface area contributed by atoms with Gasteiger partial charge in [0.2, 0.25) is 0 Å². The molecule has 0 aliphatic heterocycles. The third-order valence-corrected chi connectivity index (χ3v) is 3.00. The number of nitrogens with two attached hydrogens (primary N) is 1. The maximum Gasteiger partial charge on any atom is 0.280 e. The van der Waals surface area contributed by atoms with E-state index in [9.17, 15) is 9.90 Å². The summed E-state index contributed by atoms with van der Waals surface area (Å²) in [5.74, 6) is -0.738. The van der Waals surface area contributed by atoms with Crippen LogP contribution in [0.25, 0.3) is 10.9 Å². The molecule has 6 heteroatoms. The zero-order valence-electron chi connectivity index (χ0n) is 10.9. The maximum absolute atomic E-state index is 12.2. The van der Waals surface area contributed by atoms with Crippen LogP contribution >= 0.6 is 0 Å². The predicted octanol–water partition coefficient (Wildman–Crippen LogP) is 2.17. The minimum atomic E-state index is -0.545. The van der Waals surface area contributed by atoms with Crippen LogP contribution in [-0.2, 0) is 0 Å². The number of aromatic hydroxyl groups is 1. The number of anilines is 2. The first kappa shape index (κ1) is 12.9. The van der Waals surface area contributed by atoms with Crippen LogP contribution in [0, 0.1) is 0 Å². The molecule has 104 valence electrons. The van der Waals surface area contributed by atoms with E-state index in [1.54, 1.807) is 48.5 Å². The third-order valence-electron chi connectivity index (χ3n) is 3.00. The molecule has 0 spiro atoms. The van der Waals surface area contributed by atoms with Crippen LogP contribution in [0.2, 0.25) is 0 Å². The number of amides is 1. The van der Waals surface area contributed by atoms with Gasteiger partial charge in [0.15, 0.2) is 11.4 Å². The fourth-order valence-corrected chi connectivity index (χ4v) is 2.00. The number of hydrogen-bond acceptors (Lipinski definition) is 5. The Bertz CT molecular complexity index is 833. The van der Waals surface area contributed by atoms with E-state index in [4.69, 9.17) is 5.73 Å². The molecule has 0 saturated heterocycles. The molecule has 0 radical (unpaired) electrons. The minimum absolute atomic E-state index is 0.129. The quantitative estimate of drug-likeness (QED) is 0.624. The van der Waals surface area contributed by atoms with Crippen molar-refractivity contribution in [3.63, 3.8) is 0 Å². The van der Waals surface area contributed by atoms with Crippen LogP contribution in [0.15, 0.2) is 48.5 Å². The van der Waals surface area contributed by atoms with E-state index in [0.717, 1.165) is 0 Å². The standard InChI is InChI=1S/C15H12N4O2/c16-9-4-3-5-10(8-9)17-15(21)13-14(20)11-6-1-2-7-12(11)18-19-13/h1-8H,16H2,(H,17,21)(H,18,20). The van der Waals surface area contributed by atoms with Crippen LogP contribution < -0.4 is 11.1 Å². The van der Waals surface area contributed by atoms with Gasteiger partial charge in [-0.3, -0.25) is 4.79 Å². The zero-order chi connectivity index (χ0) is 14.8. The number of carbonyl (C=O) groups excluding carboxylic acids is 1. The first-order valence-electron chi connectivity index (χ1n) is 6.26.